The fraction of sp³-hybridized carbons (Fsp3) is 1.00. The van der Waals surface area contributed by atoms with Crippen LogP contribution in [0.3, 0.4) is 0 Å². The molecule has 0 amide bonds. The summed E-state index contributed by atoms with van der Waals surface area (Å²) < 4.78 is 0. The highest BCUT2D eigenvalue weighted by Crippen LogP contribution is 2.39. The number of nitrogens with zero attached hydrogens (tertiary/aromatic N) is 2. The molecule has 0 heterocycles. The highest BCUT2D eigenvalue weighted by molar-refractivity contribution is 4.88. The molecule has 112 valence electrons. The molecule has 0 bridgehead atoms. The summed E-state index contributed by atoms with van der Waals surface area (Å²) in [4.78, 5) is 4.80. The van der Waals surface area contributed by atoms with Crippen LogP contribution in [0.15, 0.2) is 0 Å². The third-order valence-electron chi connectivity index (χ3n) is 5.90. The van der Waals surface area contributed by atoms with E-state index in [1.165, 1.54) is 44.9 Å². The van der Waals surface area contributed by atoms with Crippen LogP contribution in [0.4, 0.5) is 0 Å². The van der Waals surface area contributed by atoms with Crippen LogP contribution in [-0.2, 0) is 0 Å². The summed E-state index contributed by atoms with van der Waals surface area (Å²) in [6, 6.07) is 1.76. The number of rotatable bonds is 7. The molecule has 1 unspecified atom stereocenters. The maximum Gasteiger partial charge on any atom is 0.00946 e. The monoisotopic (exact) mass is 266 g/mol. The van der Waals surface area contributed by atoms with E-state index in [-0.39, 0.29) is 0 Å². The Hall–Kier alpha value is -0.0800. The van der Waals surface area contributed by atoms with E-state index in [1.54, 1.807) is 0 Å². The van der Waals surface area contributed by atoms with Gasteiger partial charge in [-0.2, -0.15) is 0 Å². The minimum absolute atomic E-state index is 0.875. The van der Waals surface area contributed by atoms with Gasteiger partial charge in [0, 0.05) is 12.1 Å². The first-order chi connectivity index (χ1) is 8.97. The van der Waals surface area contributed by atoms with Crippen molar-refractivity contribution >= 4 is 0 Å². The van der Waals surface area contributed by atoms with Gasteiger partial charge < -0.3 is 9.80 Å². The van der Waals surface area contributed by atoms with Crippen molar-refractivity contribution < 1.29 is 0 Å². The Kier molecular flexibility index (Phi) is 5.30. The van der Waals surface area contributed by atoms with Crippen molar-refractivity contribution in [3.05, 3.63) is 0 Å². The molecule has 0 aromatic carbocycles. The molecule has 2 rings (SSSR count). The molecule has 0 aromatic heterocycles. The maximum absolute atomic E-state index is 2.49. The van der Waals surface area contributed by atoms with Crippen molar-refractivity contribution in [1.82, 2.24) is 9.80 Å². The quantitative estimate of drug-likeness (QED) is 0.696. The highest BCUT2D eigenvalue weighted by Gasteiger charge is 2.34. The van der Waals surface area contributed by atoms with Gasteiger partial charge in [0.15, 0.2) is 0 Å². The molecule has 2 fully saturated rings. The molecular formula is C17H34N2. The number of hydrogen-bond donors (Lipinski definition) is 0. The van der Waals surface area contributed by atoms with Crippen LogP contribution in [0.25, 0.3) is 0 Å². The summed E-state index contributed by atoms with van der Waals surface area (Å²) in [6.45, 7) is 2.49. The van der Waals surface area contributed by atoms with E-state index in [1.807, 2.05) is 0 Å². The molecule has 0 spiro atoms. The molecule has 2 aliphatic carbocycles. The first kappa shape index (κ1) is 15.3. The zero-order valence-corrected chi connectivity index (χ0v) is 13.7. The first-order valence-electron chi connectivity index (χ1n) is 8.30. The van der Waals surface area contributed by atoms with Gasteiger partial charge in [0.1, 0.15) is 0 Å². The Morgan fingerprint density at radius 3 is 1.95 bits per heavy atom. The van der Waals surface area contributed by atoms with Gasteiger partial charge in [0.25, 0.3) is 0 Å². The van der Waals surface area contributed by atoms with Crippen molar-refractivity contribution in [3.63, 3.8) is 0 Å². The molecule has 1 atom stereocenters. The minimum Gasteiger partial charge on any atom is -0.306 e. The molecule has 0 aromatic rings. The second-order valence-corrected chi connectivity index (χ2v) is 7.71. The van der Waals surface area contributed by atoms with E-state index in [2.05, 4.69) is 44.9 Å². The lowest BCUT2D eigenvalue weighted by atomic mass is 9.70. The number of hydrogen-bond acceptors (Lipinski definition) is 2. The summed E-state index contributed by atoms with van der Waals surface area (Å²) in [7, 11) is 8.90. The molecule has 2 nitrogen and oxygen atoms in total. The van der Waals surface area contributed by atoms with Crippen LogP contribution in [0.5, 0.6) is 0 Å². The Labute approximate surface area is 120 Å². The van der Waals surface area contributed by atoms with Gasteiger partial charge in [-0.05, 0) is 71.6 Å². The summed E-state index contributed by atoms with van der Waals surface area (Å²) in [6.07, 6.45) is 10.2. The predicted octanol–water partition coefficient (Wildman–Crippen LogP) is 3.47. The largest absolute Gasteiger partial charge is 0.306 e. The normalized spacial score (nSPS) is 36.2. The van der Waals surface area contributed by atoms with Gasteiger partial charge in [-0.15, -0.1) is 0 Å². The van der Waals surface area contributed by atoms with E-state index in [4.69, 9.17) is 0 Å². The Morgan fingerprint density at radius 1 is 0.895 bits per heavy atom. The van der Waals surface area contributed by atoms with Crippen LogP contribution >= 0.6 is 0 Å². The second-order valence-electron chi connectivity index (χ2n) is 7.71. The molecule has 0 N–H and O–H groups in total. The molecule has 2 saturated carbocycles. The van der Waals surface area contributed by atoms with Gasteiger partial charge in [0.2, 0.25) is 0 Å². The standard InChI is InChI=1S/C17H34N2/c1-13(15-11-17(12-15)19(4)5)7-6-8-14-9-16(10-14)18(2)3/h13-17H,6-12H2,1-5H3. The fourth-order valence-electron chi connectivity index (χ4n) is 3.84. The molecule has 0 aliphatic heterocycles. The van der Waals surface area contributed by atoms with Gasteiger partial charge in [-0.3, -0.25) is 0 Å². The van der Waals surface area contributed by atoms with Crippen molar-refractivity contribution in [2.45, 2.75) is 64.0 Å². The van der Waals surface area contributed by atoms with E-state index in [9.17, 15) is 0 Å². The van der Waals surface area contributed by atoms with Gasteiger partial charge in [-0.1, -0.05) is 26.2 Å². The SMILES string of the molecule is CC(CCCC1CC(N(C)C)C1)C1CC(N(C)C)C1. The highest BCUT2D eigenvalue weighted by atomic mass is 15.1. The van der Waals surface area contributed by atoms with Crippen molar-refractivity contribution in [2.75, 3.05) is 28.2 Å². The molecule has 2 aliphatic rings. The molecule has 0 saturated heterocycles. The average Bonchev–Trinajstić information content (AvgIpc) is 2.17. The Morgan fingerprint density at radius 2 is 1.42 bits per heavy atom. The molecule has 2 heteroatoms. The third kappa shape index (κ3) is 3.95. The smallest absolute Gasteiger partial charge is 0.00946 e. The molecule has 19 heavy (non-hydrogen) atoms. The van der Waals surface area contributed by atoms with Crippen LogP contribution in [0.2, 0.25) is 0 Å². The summed E-state index contributed by atoms with van der Waals surface area (Å²) in [5.41, 5.74) is 0. The zero-order chi connectivity index (χ0) is 14.0. The van der Waals surface area contributed by atoms with Crippen LogP contribution in [0, 0.1) is 17.8 Å². The molecule has 0 radical (unpaired) electrons. The Balaban J connectivity index is 1.50. The van der Waals surface area contributed by atoms with Crippen molar-refractivity contribution in [3.8, 4) is 0 Å². The van der Waals surface area contributed by atoms with Crippen molar-refractivity contribution in [2.24, 2.45) is 17.8 Å². The third-order valence-corrected chi connectivity index (χ3v) is 5.90. The summed E-state index contributed by atoms with van der Waals surface area (Å²) in [5, 5.41) is 0. The first-order valence-corrected chi connectivity index (χ1v) is 8.30. The summed E-state index contributed by atoms with van der Waals surface area (Å²) >= 11 is 0. The maximum atomic E-state index is 2.49. The minimum atomic E-state index is 0.875. The average molecular weight is 266 g/mol. The lowest BCUT2D eigenvalue weighted by Gasteiger charge is -2.43. The van der Waals surface area contributed by atoms with Gasteiger partial charge in [0.05, 0.1) is 0 Å². The summed E-state index contributed by atoms with van der Waals surface area (Å²) in [5.74, 6) is 3.01. The Bertz CT molecular complexity index is 262. The van der Waals surface area contributed by atoms with E-state index >= 15 is 0 Å². The van der Waals surface area contributed by atoms with E-state index < -0.39 is 0 Å². The van der Waals surface area contributed by atoms with Gasteiger partial charge >= 0.3 is 0 Å². The fourth-order valence-corrected chi connectivity index (χ4v) is 3.84. The lowest BCUT2D eigenvalue weighted by Crippen LogP contribution is -2.42. The topological polar surface area (TPSA) is 6.48 Å². The predicted molar refractivity (Wildman–Crippen MR) is 83.4 cm³/mol. The lowest BCUT2D eigenvalue weighted by molar-refractivity contribution is 0.0779. The van der Waals surface area contributed by atoms with Crippen LogP contribution < -0.4 is 0 Å². The second kappa shape index (κ2) is 6.58. The van der Waals surface area contributed by atoms with Gasteiger partial charge in [-0.25, -0.2) is 0 Å². The van der Waals surface area contributed by atoms with Crippen LogP contribution in [0.1, 0.15) is 51.9 Å². The zero-order valence-electron chi connectivity index (χ0n) is 13.7. The molecular weight excluding hydrogens is 232 g/mol. The van der Waals surface area contributed by atoms with E-state index in [0.29, 0.717) is 0 Å². The van der Waals surface area contributed by atoms with Crippen molar-refractivity contribution in [1.29, 1.82) is 0 Å². The van der Waals surface area contributed by atoms with E-state index in [0.717, 1.165) is 29.8 Å². The van der Waals surface area contributed by atoms with Crippen LogP contribution in [-0.4, -0.2) is 50.1 Å².